The molecule has 1 aliphatic rings. The van der Waals surface area contributed by atoms with Crippen LogP contribution in [0.25, 0.3) is 0 Å². The number of nitrogens with zero attached hydrogens (tertiary/aromatic N) is 1. The number of carbonyl (C=O) groups excluding carboxylic acids is 1. The predicted octanol–water partition coefficient (Wildman–Crippen LogP) is 2.62. The summed E-state index contributed by atoms with van der Waals surface area (Å²) in [7, 11) is 0. The highest BCUT2D eigenvalue weighted by Crippen LogP contribution is 2.36. The van der Waals surface area contributed by atoms with E-state index >= 15 is 0 Å². The van der Waals surface area contributed by atoms with Gasteiger partial charge in [-0.25, -0.2) is 8.78 Å². The molecule has 19 heavy (non-hydrogen) atoms. The fourth-order valence-electron chi connectivity index (χ4n) is 2.23. The molecule has 0 fully saturated rings. The van der Waals surface area contributed by atoms with E-state index in [1.807, 2.05) is 0 Å². The minimum atomic E-state index is -1.23. The Balaban J connectivity index is 2.11. The van der Waals surface area contributed by atoms with Crippen molar-refractivity contribution in [2.75, 3.05) is 4.90 Å². The molecule has 1 N–H and O–H groups in total. The summed E-state index contributed by atoms with van der Waals surface area (Å²) in [5, 5.41) is 10.1. The first kappa shape index (κ1) is 11.8. The Morgan fingerprint density at radius 1 is 1.05 bits per heavy atom. The van der Waals surface area contributed by atoms with E-state index in [0.29, 0.717) is 17.2 Å². The Labute approximate surface area is 107 Å². The second-order valence-corrected chi connectivity index (χ2v) is 4.26. The SMILES string of the molecule is O=C1c2ccccc2C(O)N1c1cc(F)cc(F)c1. The zero-order valence-electron chi connectivity index (χ0n) is 9.68. The van der Waals surface area contributed by atoms with Crippen molar-refractivity contribution in [3.8, 4) is 0 Å². The number of hydrogen-bond acceptors (Lipinski definition) is 2. The standard InChI is InChI=1S/C14H9F2NO2/c15-8-5-9(16)7-10(6-8)17-13(18)11-3-1-2-4-12(11)14(17)19/h1-7,13,18H. The van der Waals surface area contributed by atoms with Gasteiger partial charge in [-0.15, -0.1) is 0 Å². The third kappa shape index (κ3) is 1.79. The third-order valence-electron chi connectivity index (χ3n) is 3.06. The number of anilines is 1. The summed E-state index contributed by atoms with van der Waals surface area (Å²) in [5.74, 6) is -2.08. The van der Waals surface area contributed by atoms with Gasteiger partial charge in [0.05, 0.1) is 5.69 Å². The molecule has 5 heteroatoms. The maximum absolute atomic E-state index is 13.2. The lowest BCUT2D eigenvalue weighted by Crippen LogP contribution is -2.27. The number of hydrogen-bond donors (Lipinski definition) is 1. The summed E-state index contributed by atoms with van der Waals surface area (Å²) >= 11 is 0. The summed E-state index contributed by atoms with van der Waals surface area (Å²) in [6.45, 7) is 0. The van der Waals surface area contributed by atoms with E-state index in [4.69, 9.17) is 0 Å². The molecule has 96 valence electrons. The number of amides is 1. The van der Waals surface area contributed by atoms with Crippen molar-refractivity contribution in [2.45, 2.75) is 6.23 Å². The Kier molecular flexibility index (Phi) is 2.57. The summed E-state index contributed by atoms with van der Waals surface area (Å²) in [5.41, 5.74) is 0.753. The molecule has 0 aliphatic carbocycles. The van der Waals surface area contributed by atoms with Crippen LogP contribution in [0.15, 0.2) is 42.5 Å². The quantitative estimate of drug-likeness (QED) is 0.857. The average Bonchev–Trinajstić information content (AvgIpc) is 2.61. The van der Waals surface area contributed by atoms with Crippen molar-refractivity contribution >= 4 is 11.6 Å². The summed E-state index contributed by atoms with van der Waals surface area (Å²) in [6, 6.07) is 9.25. The first-order valence-corrected chi connectivity index (χ1v) is 5.64. The number of fused-ring (bicyclic) bond motifs is 1. The van der Waals surface area contributed by atoms with E-state index < -0.39 is 23.8 Å². The van der Waals surface area contributed by atoms with Crippen molar-refractivity contribution in [2.24, 2.45) is 0 Å². The second kappa shape index (κ2) is 4.13. The molecule has 0 saturated carbocycles. The van der Waals surface area contributed by atoms with E-state index in [-0.39, 0.29) is 5.69 Å². The van der Waals surface area contributed by atoms with Gasteiger partial charge in [0.2, 0.25) is 0 Å². The van der Waals surface area contributed by atoms with Crippen LogP contribution < -0.4 is 4.90 Å². The molecular weight excluding hydrogens is 252 g/mol. The van der Waals surface area contributed by atoms with Gasteiger partial charge in [0.1, 0.15) is 11.6 Å². The van der Waals surface area contributed by atoms with Gasteiger partial charge in [0.25, 0.3) is 5.91 Å². The zero-order valence-corrected chi connectivity index (χ0v) is 9.68. The molecule has 0 saturated heterocycles. The van der Waals surface area contributed by atoms with Gasteiger partial charge in [0, 0.05) is 17.2 Å². The molecule has 0 radical (unpaired) electrons. The molecule has 0 spiro atoms. The lowest BCUT2D eigenvalue weighted by Gasteiger charge is -2.21. The number of aliphatic hydroxyl groups excluding tert-OH is 1. The van der Waals surface area contributed by atoms with E-state index in [2.05, 4.69) is 0 Å². The molecule has 1 atom stereocenters. The van der Waals surface area contributed by atoms with Crippen LogP contribution in [-0.4, -0.2) is 11.0 Å². The van der Waals surface area contributed by atoms with Crippen LogP contribution in [0.1, 0.15) is 22.1 Å². The van der Waals surface area contributed by atoms with Crippen LogP contribution in [0.2, 0.25) is 0 Å². The second-order valence-electron chi connectivity index (χ2n) is 4.26. The van der Waals surface area contributed by atoms with Gasteiger partial charge >= 0.3 is 0 Å². The average molecular weight is 261 g/mol. The molecule has 1 aliphatic heterocycles. The molecule has 2 aromatic carbocycles. The minimum absolute atomic E-state index is 0.00815. The van der Waals surface area contributed by atoms with Crippen LogP contribution in [0.3, 0.4) is 0 Å². The normalized spacial score (nSPS) is 17.7. The Hall–Kier alpha value is -2.27. The van der Waals surface area contributed by atoms with Crippen LogP contribution in [0.4, 0.5) is 14.5 Å². The lowest BCUT2D eigenvalue weighted by molar-refractivity contribution is 0.0935. The van der Waals surface area contributed by atoms with E-state index in [1.54, 1.807) is 24.3 Å². The van der Waals surface area contributed by atoms with Gasteiger partial charge in [-0.2, -0.15) is 0 Å². The van der Waals surface area contributed by atoms with Crippen molar-refractivity contribution in [3.05, 3.63) is 65.2 Å². The number of benzene rings is 2. The van der Waals surface area contributed by atoms with E-state index in [0.717, 1.165) is 17.0 Å². The molecular formula is C14H9F2NO2. The predicted molar refractivity (Wildman–Crippen MR) is 64.6 cm³/mol. The van der Waals surface area contributed by atoms with Crippen molar-refractivity contribution < 1.29 is 18.7 Å². The molecule has 1 amide bonds. The molecule has 3 rings (SSSR count). The molecule has 1 heterocycles. The Bertz CT molecular complexity index is 652. The Morgan fingerprint density at radius 3 is 2.32 bits per heavy atom. The molecule has 1 unspecified atom stereocenters. The van der Waals surface area contributed by atoms with Crippen LogP contribution in [-0.2, 0) is 0 Å². The van der Waals surface area contributed by atoms with Gasteiger partial charge in [-0.1, -0.05) is 18.2 Å². The minimum Gasteiger partial charge on any atom is -0.369 e. The van der Waals surface area contributed by atoms with Crippen molar-refractivity contribution in [1.29, 1.82) is 0 Å². The van der Waals surface area contributed by atoms with Gasteiger partial charge < -0.3 is 5.11 Å². The Morgan fingerprint density at radius 2 is 1.68 bits per heavy atom. The molecule has 2 aromatic rings. The van der Waals surface area contributed by atoms with E-state index in [9.17, 15) is 18.7 Å². The zero-order chi connectivity index (χ0) is 13.6. The first-order chi connectivity index (χ1) is 9.08. The molecule has 0 bridgehead atoms. The number of rotatable bonds is 1. The van der Waals surface area contributed by atoms with Crippen LogP contribution >= 0.6 is 0 Å². The third-order valence-corrected chi connectivity index (χ3v) is 3.06. The molecule has 0 aromatic heterocycles. The number of halogens is 2. The summed E-state index contributed by atoms with van der Waals surface area (Å²) in [4.78, 5) is 13.1. The summed E-state index contributed by atoms with van der Waals surface area (Å²) < 4.78 is 26.4. The summed E-state index contributed by atoms with van der Waals surface area (Å²) in [6.07, 6.45) is -1.23. The topological polar surface area (TPSA) is 40.5 Å². The van der Waals surface area contributed by atoms with Gasteiger partial charge in [0.15, 0.2) is 6.23 Å². The van der Waals surface area contributed by atoms with Gasteiger partial charge in [-0.05, 0) is 18.2 Å². The monoisotopic (exact) mass is 261 g/mol. The van der Waals surface area contributed by atoms with Crippen LogP contribution in [0.5, 0.6) is 0 Å². The van der Waals surface area contributed by atoms with Crippen molar-refractivity contribution in [3.63, 3.8) is 0 Å². The van der Waals surface area contributed by atoms with Crippen LogP contribution in [0, 0.1) is 11.6 Å². The number of aliphatic hydroxyl groups is 1. The smallest absolute Gasteiger partial charge is 0.261 e. The van der Waals surface area contributed by atoms with Crippen molar-refractivity contribution in [1.82, 2.24) is 0 Å². The highest BCUT2D eigenvalue weighted by atomic mass is 19.1. The fourth-order valence-corrected chi connectivity index (χ4v) is 2.23. The highest BCUT2D eigenvalue weighted by Gasteiger charge is 2.36. The first-order valence-electron chi connectivity index (χ1n) is 5.64. The maximum Gasteiger partial charge on any atom is 0.261 e. The van der Waals surface area contributed by atoms with Gasteiger partial charge in [-0.3, -0.25) is 9.69 Å². The van der Waals surface area contributed by atoms with E-state index in [1.165, 1.54) is 0 Å². The lowest BCUT2D eigenvalue weighted by atomic mass is 10.1. The fraction of sp³-hybridized carbons (Fsp3) is 0.0714. The number of carbonyl (C=O) groups is 1. The largest absolute Gasteiger partial charge is 0.369 e. The maximum atomic E-state index is 13.2. The highest BCUT2D eigenvalue weighted by molar-refractivity contribution is 6.10. The molecule has 3 nitrogen and oxygen atoms in total.